The molecule has 0 aliphatic heterocycles. The minimum atomic E-state index is -4.71. The third-order valence-corrected chi connectivity index (χ3v) is 5.46. The number of halogens is 5. The SMILES string of the molecule is O=C(Nc1cc(Nc2ncccc2-c2ncnc3[nH]cnc23)ccc1F)c1cc(Cl)cc(C(F)(F)F)c1. The predicted molar refractivity (Wildman–Crippen MR) is 129 cm³/mol. The number of carbonyl (C=O) groups excluding carboxylic acids is 1. The third-order valence-electron chi connectivity index (χ3n) is 5.24. The molecule has 0 fully saturated rings. The minimum Gasteiger partial charge on any atom is -0.340 e. The first-order valence-electron chi connectivity index (χ1n) is 10.5. The first-order chi connectivity index (χ1) is 17.7. The second-order valence-corrected chi connectivity index (χ2v) is 8.16. The number of hydrogen-bond donors (Lipinski definition) is 3. The van der Waals surface area contributed by atoms with Gasteiger partial charge in [-0.15, -0.1) is 0 Å². The normalized spacial score (nSPS) is 11.5. The second-order valence-electron chi connectivity index (χ2n) is 7.72. The van der Waals surface area contributed by atoms with Crippen LogP contribution in [0, 0.1) is 5.82 Å². The van der Waals surface area contributed by atoms with Crippen LogP contribution in [0.5, 0.6) is 0 Å². The molecule has 37 heavy (non-hydrogen) atoms. The summed E-state index contributed by atoms with van der Waals surface area (Å²) in [4.78, 5) is 32.5. The molecule has 5 rings (SSSR count). The molecule has 3 heterocycles. The largest absolute Gasteiger partial charge is 0.416 e. The molecule has 5 aromatic rings. The topological polar surface area (TPSA) is 108 Å². The smallest absolute Gasteiger partial charge is 0.340 e. The van der Waals surface area contributed by atoms with Gasteiger partial charge in [0.05, 0.1) is 17.6 Å². The molecule has 0 aliphatic rings. The molecule has 1 amide bonds. The van der Waals surface area contributed by atoms with Crippen LogP contribution in [-0.4, -0.2) is 30.8 Å². The van der Waals surface area contributed by atoms with Crippen LogP contribution in [0.3, 0.4) is 0 Å². The van der Waals surface area contributed by atoms with E-state index in [0.29, 0.717) is 46.1 Å². The number of benzene rings is 2. The molecule has 0 aliphatic carbocycles. The molecule has 8 nitrogen and oxygen atoms in total. The second kappa shape index (κ2) is 9.47. The number of alkyl halides is 3. The molecule has 13 heteroatoms. The van der Waals surface area contributed by atoms with E-state index in [1.807, 2.05) is 0 Å². The number of hydrogen-bond acceptors (Lipinski definition) is 6. The van der Waals surface area contributed by atoms with Gasteiger partial charge in [0.2, 0.25) is 0 Å². The number of aromatic nitrogens is 5. The molecule has 0 saturated carbocycles. The van der Waals surface area contributed by atoms with E-state index >= 15 is 0 Å². The average molecular weight is 528 g/mol. The van der Waals surface area contributed by atoms with Gasteiger partial charge in [-0.1, -0.05) is 11.6 Å². The van der Waals surface area contributed by atoms with Gasteiger partial charge in [-0.25, -0.2) is 24.3 Å². The van der Waals surface area contributed by atoms with Gasteiger partial charge in [-0.3, -0.25) is 4.79 Å². The van der Waals surface area contributed by atoms with E-state index in [-0.39, 0.29) is 16.3 Å². The van der Waals surface area contributed by atoms with Gasteiger partial charge in [0, 0.05) is 28.0 Å². The van der Waals surface area contributed by atoms with Crippen LogP contribution in [0.15, 0.2) is 67.4 Å². The molecule has 0 radical (unpaired) electrons. The third kappa shape index (κ3) is 5.05. The number of pyridine rings is 1. The lowest BCUT2D eigenvalue weighted by atomic mass is 10.1. The maximum atomic E-state index is 14.5. The highest BCUT2D eigenvalue weighted by molar-refractivity contribution is 6.31. The summed E-state index contributed by atoms with van der Waals surface area (Å²) in [6.07, 6.45) is -0.310. The van der Waals surface area contributed by atoms with Crippen LogP contribution >= 0.6 is 11.6 Å². The van der Waals surface area contributed by atoms with Crippen molar-refractivity contribution in [3.63, 3.8) is 0 Å². The predicted octanol–water partition coefficient (Wildman–Crippen LogP) is 6.22. The summed E-state index contributed by atoms with van der Waals surface area (Å²) in [6, 6.07) is 9.65. The van der Waals surface area contributed by atoms with Crippen LogP contribution in [0.2, 0.25) is 5.02 Å². The van der Waals surface area contributed by atoms with E-state index in [1.165, 1.54) is 24.8 Å². The molecule has 186 valence electrons. The Morgan fingerprint density at radius 1 is 1.00 bits per heavy atom. The molecule has 2 aromatic carbocycles. The molecule has 3 aromatic heterocycles. The van der Waals surface area contributed by atoms with E-state index in [0.717, 1.165) is 12.1 Å². The van der Waals surface area contributed by atoms with Gasteiger partial charge in [0.25, 0.3) is 5.91 Å². The zero-order valence-electron chi connectivity index (χ0n) is 18.4. The van der Waals surface area contributed by atoms with Crippen molar-refractivity contribution < 1.29 is 22.4 Å². The van der Waals surface area contributed by atoms with Crippen molar-refractivity contribution in [3.8, 4) is 11.3 Å². The molecule has 0 saturated heterocycles. The van der Waals surface area contributed by atoms with Crippen molar-refractivity contribution in [1.82, 2.24) is 24.9 Å². The maximum absolute atomic E-state index is 14.5. The number of imidazole rings is 1. The number of nitrogens with one attached hydrogen (secondary N) is 3. The van der Waals surface area contributed by atoms with Crippen molar-refractivity contribution in [1.29, 1.82) is 0 Å². The van der Waals surface area contributed by atoms with Crippen molar-refractivity contribution in [3.05, 3.63) is 89.3 Å². The molecular formula is C24H14ClF4N7O. The van der Waals surface area contributed by atoms with Crippen LogP contribution < -0.4 is 10.6 Å². The van der Waals surface area contributed by atoms with Crippen LogP contribution in [0.25, 0.3) is 22.4 Å². The van der Waals surface area contributed by atoms with Crippen molar-refractivity contribution in [2.45, 2.75) is 6.18 Å². The molecule has 3 N–H and O–H groups in total. The molecule has 0 unspecified atom stereocenters. The van der Waals surface area contributed by atoms with Gasteiger partial charge in [-0.05, 0) is 48.5 Å². The minimum absolute atomic E-state index is 0.266. The Labute approximate surface area is 210 Å². The Morgan fingerprint density at radius 2 is 1.84 bits per heavy atom. The fourth-order valence-corrected chi connectivity index (χ4v) is 3.81. The molecule has 0 bridgehead atoms. The van der Waals surface area contributed by atoms with Gasteiger partial charge >= 0.3 is 6.18 Å². The highest BCUT2D eigenvalue weighted by atomic mass is 35.5. The number of anilines is 3. The Morgan fingerprint density at radius 3 is 2.65 bits per heavy atom. The molecule has 0 spiro atoms. The Bertz CT molecular complexity index is 1640. The summed E-state index contributed by atoms with van der Waals surface area (Å²) in [5, 5.41) is 5.06. The van der Waals surface area contributed by atoms with Crippen LogP contribution in [-0.2, 0) is 6.18 Å². The first kappa shape index (κ1) is 24.1. The van der Waals surface area contributed by atoms with Crippen molar-refractivity contribution >= 4 is 45.9 Å². The Hall–Kier alpha value is -4.58. The number of fused-ring (bicyclic) bond motifs is 1. The number of carbonyl (C=O) groups is 1. The van der Waals surface area contributed by atoms with Gasteiger partial charge in [0.1, 0.15) is 29.2 Å². The monoisotopic (exact) mass is 527 g/mol. The fraction of sp³-hybridized carbons (Fsp3) is 0.0417. The molecule has 0 atom stereocenters. The van der Waals surface area contributed by atoms with Crippen molar-refractivity contribution in [2.75, 3.05) is 10.6 Å². The summed E-state index contributed by atoms with van der Waals surface area (Å²) in [7, 11) is 0. The number of amides is 1. The van der Waals surface area contributed by atoms with E-state index in [4.69, 9.17) is 11.6 Å². The highest BCUT2D eigenvalue weighted by Gasteiger charge is 2.31. The lowest BCUT2D eigenvalue weighted by molar-refractivity contribution is -0.137. The Balaban J connectivity index is 1.44. The lowest BCUT2D eigenvalue weighted by Crippen LogP contribution is -2.15. The van der Waals surface area contributed by atoms with Gasteiger partial charge in [-0.2, -0.15) is 13.2 Å². The van der Waals surface area contributed by atoms with Gasteiger partial charge < -0.3 is 15.6 Å². The summed E-state index contributed by atoms with van der Waals surface area (Å²) < 4.78 is 53.8. The van der Waals surface area contributed by atoms with E-state index in [1.54, 1.807) is 18.3 Å². The quantitative estimate of drug-likeness (QED) is 0.234. The number of aromatic amines is 1. The van der Waals surface area contributed by atoms with E-state index in [9.17, 15) is 22.4 Å². The van der Waals surface area contributed by atoms with Crippen molar-refractivity contribution in [2.24, 2.45) is 0 Å². The lowest BCUT2D eigenvalue weighted by Gasteiger charge is -2.13. The van der Waals surface area contributed by atoms with E-state index in [2.05, 4.69) is 35.6 Å². The summed E-state index contributed by atoms with van der Waals surface area (Å²) >= 11 is 5.76. The highest BCUT2D eigenvalue weighted by Crippen LogP contribution is 2.33. The number of H-pyrrole nitrogens is 1. The summed E-state index contributed by atoms with van der Waals surface area (Å²) in [5.74, 6) is -1.41. The number of rotatable bonds is 5. The summed E-state index contributed by atoms with van der Waals surface area (Å²) in [6.45, 7) is 0. The van der Waals surface area contributed by atoms with Crippen LogP contribution in [0.1, 0.15) is 15.9 Å². The maximum Gasteiger partial charge on any atom is 0.416 e. The standard InChI is InChI=1S/C24H14ClF4N7O/c25-14-7-12(6-13(8-14)24(27,28)29)23(37)36-18-9-15(3-4-17(18)26)35-21-16(2-1-5-30-21)19-20-22(33-10-31-19)34-11-32-20/h1-11H,(H,30,35)(H,36,37)(H,31,32,33,34). The van der Waals surface area contributed by atoms with Gasteiger partial charge in [0.15, 0.2) is 5.65 Å². The zero-order valence-corrected chi connectivity index (χ0v) is 19.2. The molecular weight excluding hydrogens is 514 g/mol. The fourth-order valence-electron chi connectivity index (χ4n) is 3.57. The van der Waals surface area contributed by atoms with Crippen LogP contribution in [0.4, 0.5) is 34.8 Å². The zero-order chi connectivity index (χ0) is 26.2. The summed E-state index contributed by atoms with van der Waals surface area (Å²) in [5.41, 5.74) is 0.723. The van der Waals surface area contributed by atoms with E-state index < -0.39 is 23.5 Å². The first-order valence-corrected chi connectivity index (χ1v) is 10.9. The number of nitrogens with zero attached hydrogens (tertiary/aromatic N) is 4. The average Bonchev–Trinajstić information content (AvgIpc) is 3.35. The Kier molecular flexibility index (Phi) is 6.17.